The second kappa shape index (κ2) is 6.14. The van der Waals surface area contributed by atoms with Gasteiger partial charge in [-0.05, 0) is 12.8 Å². The Morgan fingerprint density at radius 2 is 2.42 bits per heavy atom. The lowest BCUT2D eigenvalue weighted by atomic mass is 10.2. The third-order valence-electron chi connectivity index (χ3n) is 2.69. The Hall–Kier alpha value is -2.15. The Morgan fingerprint density at radius 1 is 1.58 bits per heavy atom. The number of carbonyl (C=O) groups is 2. The molecule has 1 fully saturated rings. The summed E-state index contributed by atoms with van der Waals surface area (Å²) in [7, 11) is 0. The lowest BCUT2D eigenvalue weighted by molar-refractivity contribution is -0.131. The molecule has 1 aromatic rings. The van der Waals surface area contributed by atoms with Gasteiger partial charge in [0, 0.05) is 25.0 Å². The van der Waals surface area contributed by atoms with Crippen LogP contribution >= 0.6 is 0 Å². The van der Waals surface area contributed by atoms with E-state index in [4.69, 9.17) is 9.84 Å². The van der Waals surface area contributed by atoms with E-state index in [-0.39, 0.29) is 6.10 Å². The molecule has 102 valence electrons. The van der Waals surface area contributed by atoms with E-state index < -0.39 is 11.9 Å². The van der Waals surface area contributed by atoms with Gasteiger partial charge >= 0.3 is 5.97 Å². The lowest BCUT2D eigenvalue weighted by Gasteiger charge is -2.08. The molecule has 0 bridgehead atoms. The first-order valence-corrected chi connectivity index (χ1v) is 5.99. The van der Waals surface area contributed by atoms with Gasteiger partial charge in [-0.15, -0.1) is 0 Å². The second-order valence-electron chi connectivity index (χ2n) is 4.25. The molecule has 2 heterocycles. The smallest absolute Gasteiger partial charge is 0.328 e. The highest BCUT2D eigenvalue weighted by molar-refractivity contribution is 6.02. The number of ether oxygens (including phenoxy) is 1. The Kier molecular flexibility index (Phi) is 4.30. The van der Waals surface area contributed by atoms with Crippen LogP contribution in [0.1, 0.15) is 12.8 Å². The number of anilines is 1. The summed E-state index contributed by atoms with van der Waals surface area (Å²) >= 11 is 0. The molecule has 0 aliphatic carbocycles. The third-order valence-corrected chi connectivity index (χ3v) is 2.69. The Bertz CT molecular complexity index is 489. The zero-order valence-electron chi connectivity index (χ0n) is 10.3. The van der Waals surface area contributed by atoms with Crippen molar-refractivity contribution in [2.45, 2.75) is 25.5 Å². The van der Waals surface area contributed by atoms with Crippen molar-refractivity contribution in [2.75, 3.05) is 11.9 Å². The first-order chi connectivity index (χ1) is 9.13. The number of carboxylic acids is 1. The van der Waals surface area contributed by atoms with Crippen molar-refractivity contribution < 1.29 is 19.4 Å². The fourth-order valence-electron chi connectivity index (χ4n) is 1.86. The van der Waals surface area contributed by atoms with Crippen molar-refractivity contribution in [1.82, 2.24) is 9.78 Å². The van der Waals surface area contributed by atoms with Gasteiger partial charge in [0.05, 0.1) is 24.5 Å². The Morgan fingerprint density at radius 3 is 3.11 bits per heavy atom. The minimum atomic E-state index is -1.16. The van der Waals surface area contributed by atoms with E-state index in [9.17, 15) is 9.59 Å². The summed E-state index contributed by atoms with van der Waals surface area (Å²) in [5, 5.41) is 15.0. The Balaban J connectivity index is 1.86. The summed E-state index contributed by atoms with van der Waals surface area (Å²) in [6.07, 6.45) is 7.20. The predicted molar refractivity (Wildman–Crippen MR) is 66.6 cm³/mol. The van der Waals surface area contributed by atoms with Gasteiger partial charge in [-0.25, -0.2) is 4.79 Å². The quantitative estimate of drug-likeness (QED) is 0.762. The summed E-state index contributed by atoms with van der Waals surface area (Å²) in [5.74, 6) is -1.66. The molecule has 1 aliphatic heterocycles. The molecule has 7 heteroatoms. The summed E-state index contributed by atoms with van der Waals surface area (Å²) in [6, 6.07) is 0. The monoisotopic (exact) mass is 265 g/mol. The first kappa shape index (κ1) is 13.3. The van der Waals surface area contributed by atoms with Crippen LogP contribution in [0.25, 0.3) is 0 Å². The second-order valence-corrected chi connectivity index (χ2v) is 4.25. The van der Waals surface area contributed by atoms with Crippen molar-refractivity contribution in [2.24, 2.45) is 0 Å². The van der Waals surface area contributed by atoms with Crippen LogP contribution in [0.2, 0.25) is 0 Å². The highest BCUT2D eigenvalue weighted by Crippen LogP contribution is 2.14. The number of carboxylic acid groups (broad SMARTS) is 1. The maximum Gasteiger partial charge on any atom is 0.328 e. The van der Waals surface area contributed by atoms with Crippen molar-refractivity contribution in [1.29, 1.82) is 0 Å². The van der Waals surface area contributed by atoms with E-state index in [1.54, 1.807) is 10.9 Å². The number of hydrogen-bond acceptors (Lipinski definition) is 4. The maximum atomic E-state index is 11.3. The lowest BCUT2D eigenvalue weighted by Crippen LogP contribution is -2.15. The summed E-state index contributed by atoms with van der Waals surface area (Å²) < 4.78 is 7.19. The SMILES string of the molecule is O=C(O)/C=C/C(=O)Nc1cnn(CC2CCCO2)c1. The van der Waals surface area contributed by atoms with Gasteiger partial charge in [0.2, 0.25) is 5.91 Å². The van der Waals surface area contributed by atoms with Gasteiger partial charge < -0.3 is 15.2 Å². The highest BCUT2D eigenvalue weighted by atomic mass is 16.5. The molecule has 1 unspecified atom stereocenters. The van der Waals surface area contributed by atoms with E-state index in [0.29, 0.717) is 12.2 Å². The first-order valence-electron chi connectivity index (χ1n) is 5.99. The topological polar surface area (TPSA) is 93.5 Å². The van der Waals surface area contributed by atoms with Crippen molar-refractivity contribution in [3.05, 3.63) is 24.5 Å². The molecule has 1 aromatic heterocycles. The Labute approximate surface area is 109 Å². The average Bonchev–Trinajstić information content (AvgIpc) is 2.99. The zero-order valence-corrected chi connectivity index (χ0v) is 10.3. The average molecular weight is 265 g/mol. The summed E-state index contributed by atoms with van der Waals surface area (Å²) in [4.78, 5) is 21.6. The van der Waals surface area contributed by atoms with Crippen LogP contribution in [0.5, 0.6) is 0 Å². The van der Waals surface area contributed by atoms with E-state index in [2.05, 4.69) is 10.4 Å². The minimum Gasteiger partial charge on any atom is -0.478 e. The van der Waals surface area contributed by atoms with Gasteiger partial charge in [0.15, 0.2) is 0 Å². The third kappa shape index (κ3) is 4.22. The molecule has 2 rings (SSSR count). The zero-order chi connectivity index (χ0) is 13.7. The van der Waals surface area contributed by atoms with Gasteiger partial charge in [-0.3, -0.25) is 9.48 Å². The number of nitrogens with one attached hydrogen (secondary N) is 1. The number of hydrogen-bond donors (Lipinski definition) is 2. The van der Waals surface area contributed by atoms with Crippen molar-refractivity contribution in [3.63, 3.8) is 0 Å². The van der Waals surface area contributed by atoms with Crippen molar-refractivity contribution in [3.8, 4) is 0 Å². The number of amides is 1. The molecule has 0 saturated carbocycles. The van der Waals surface area contributed by atoms with E-state index in [1.165, 1.54) is 6.20 Å². The minimum absolute atomic E-state index is 0.176. The van der Waals surface area contributed by atoms with Gasteiger partial charge in [-0.2, -0.15) is 5.10 Å². The van der Waals surface area contributed by atoms with E-state index in [1.807, 2.05) is 0 Å². The van der Waals surface area contributed by atoms with Gasteiger partial charge in [0.1, 0.15) is 0 Å². The largest absolute Gasteiger partial charge is 0.478 e. The predicted octanol–water partition coefficient (Wildman–Crippen LogP) is 0.641. The molecule has 1 amide bonds. The fraction of sp³-hybridized carbons (Fsp3) is 0.417. The van der Waals surface area contributed by atoms with Crippen molar-refractivity contribution >= 4 is 17.6 Å². The van der Waals surface area contributed by atoms with Crippen LogP contribution in [0.4, 0.5) is 5.69 Å². The number of nitrogens with zero attached hydrogens (tertiary/aromatic N) is 2. The highest BCUT2D eigenvalue weighted by Gasteiger charge is 2.16. The molecule has 1 atom stereocenters. The molecule has 0 radical (unpaired) electrons. The normalized spacial score (nSPS) is 18.8. The number of aromatic nitrogens is 2. The molecular formula is C12H15N3O4. The molecule has 19 heavy (non-hydrogen) atoms. The molecule has 2 N–H and O–H groups in total. The molecule has 0 spiro atoms. The van der Waals surface area contributed by atoms with E-state index >= 15 is 0 Å². The van der Waals surface area contributed by atoms with Crippen LogP contribution in [0.15, 0.2) is 24.5 Å². The maximum absolute atomic E-state index is 11.3. The molecule has 7 nitrogen and oxygen atoms in total. The van der Waals surface area contributed by atoms with Crippen LogP contribution in [0.3, 0.4) is 0 Å². The summed E-state index contributed by atoms with van der Waals surface area (Å²) in [6.45, 7) is 1.44. The van der Waals surface area contributed by atoms with Crippen LogP contribution in [0, 0.1) is 0 Å². The van der Waals surface area contributed by atoms with Crippen LogP contribution < -0.4 is 5.32 Å². The van der Waals surface area contributed by atoms with Gasteiger partial charge in [0.25, 0.3) is 0 Å². The fourth-order valence-corrected chi connectivity index (χ4v) is 1.86. The van der Waals surface area contributed by atoms with Crippen LogP contribution in [-0.2, 0) is 20.9 Å². The standard InChI is InChI=1S/C12H15N3O4/c16-11(3-4-12(17)18)14-9-6-13-15(7-9)8-10-2-1-5-19-10/h3-4,6-7,10H,1-2,5,8H2,(H,14,16)(H,17,18)/b4-3+. The molecule has 1 saturated heterocycles. The number of carbonyl (C=O) groups excluding carboxylic acids is 1. The molecule has 1 aliphatic rings. The van der Waals surface area contributed by atoms with Gasteiger partial charge in [-0.1, -0.05) is 0 Å². The van der Waals surface area contributed by atoms with E-state index in [0.717, 1.165) is 31.6 Å². The molecule has 0 aromatic carbocycles. The number of rotatable bonds is 5. The number of aliphatic carboxylic acids is 1. The summed E-state index contributed by atoms with van der Waals surface area (Å²) in [5.41, 5.74) is 0.526. The molecular weight excluding hydrogens is 250 g/mol. The van der Waals surface area contributed by atoms with Crippen LogP contribution in [-0.4, -0.2) is 39.5 Å².